The van der Waals surface area contributed by atoms with E-state index in [0.717, 1.165) is 31.2 Å². The van der Waals surface area contributed by atoms with Gasteiger partial charge in [0, 0.05) is 30.8 Å². The topological polar surface area (TPSA) is 67.9 Å². The second-order valence-electron chi connectivity index (χ2n) is 6.95. The first-order valence-corrected chi connectivity index (χ1v) is 9.52. The number of nitrogens with one attached hydrogen (secondary N) is 1. The molecular weight excluding hydrogens is 332 g/mol. The van der Waals surface area contributed by atoms with E-state index in [4.69, 9.17) is 9.47 Å². The van der Waals surface area contributed by atoms with E-state index in [0.29, 0.717) is 44.0 Å². The van der Waals surface area contributed by atoms with Crippen molar-refractivity contribution in [2.24, 2.45) is 0 Å². The fourth-order valence-electron chi connectivity index (χ4n) is 2.77. The lowest BCUT2D eigenvalue weighted by Crippen LogP contribution is -2.35. The minimum atomic E-state index is -0.0168. The van der Waals surface area contributed by atoms with Crippen LogP contribution in [0.1, 0.15) is 48.5 Å². The summed E-state index contributed by atoms with van der Waals surface area (Å²) in [6.45, 7) is 4.18. The molecule has 1 aromatic rings. The standard InChI is InChI=1S/C20H28N2O4/c1-2-25-11-12-26-14-19(23)22(18-9-10-18)13-15-3-5-16(6-4-15)20(24)21-17-7-8-17/h3-6,17-18H,2,7-14H2,1H3,(H,21,24). The van der Waals surface area contributed by atoms with Gasteiger partial charge in [0.2, 0.25) is 5.91 Å². The number of ether oxygens (including phenoxy) is 2. The predicted molar refractivity (Wildman–Crippen MR) is 97.8 cm³/mol. The molecule has 1 aromatic carbocycles. The Hall–Kier alpha value is -1.92. The van der Waals surface area contributed by atoms with Crippen molar-refractivity contribution in [3.8, 4) is 0 Å². The van der Waals surface area contributed by atoms with Crippen LogP contribution in [0.4, 0.5) is 0 Å². The molecule has 0 spiro atoms. The number of nitrogens with zero attached hydrogens (tertiary/aromatic N) is 1. The van der Waals surface area contributed by atoms with Crippen molar-refractivity contribution < 1.29 is 19.1 Å². The molecule has 0 bridgehead atoms. The van der Waals surface area contributed by atoms with E-state index in [-0.39, 0.29) is 18.4 Å². The van der Waals surface area contributed by atoms with Gasteiger partial charge in [-0.25, -0.2) is 0 Å². The van der Waals surface area contributed by atoms with Gasteiger partial charge < -0.3 is 19.7 Å². The normalized spacial score (nSPS) is 16.3. The summed E-state index contributed by atoms with van der Waals surface area (Å²) in [7, 11) is 0. The minimum absolute atomic E-state index is 0.0135. The molecule has 2 saturated carbocycles. The predicted octanol–water partition coefficient (Wildman–Crippen LogP) is 2.12. The van der Waals surface area contributed by atoms with Crippen LogP contribution in [0, 0.1) is 0 Å². The van der Waals surface area contributed by atoms with Crippen molar-refractivity contribution in [2.45, 2.75) is 51.2 Å². The van der Waals surface area contributed by atoms with Gasteiger partial charge in [0.1, 0.15) is 6.61 Å². The summed E-state index contributed by atoms with van der Waals surface area (Å²) < 4.78 is 10.6. The molecule has 0 atom stereocenters. The quantitative estimate of drug-likeness (QED) is 0.614. The zero-order chi connectivity index (χ0) is 18.4. The Morgan fingerprint density at radius 3 is 2.38 bits per heavy atom. The molecule has 2 fully saturated rings. The molecule has 0 aliphatic heterocycles. The van der Waals surface area contributed by atoms with Crippen LogP contribution < -0.4 is 5.32 Å². The van der Waals surface area contributed by atoms with E-state index >= 15 is 0 Å². The van der Waals surface area contributed by atoms with Crippen molar-refractivity contribution in [1.82, 2.24) is 10.2 Å². The number of benzene rings is 1. The third-order valence-corrected chi connectivity index (χ3v) is 4.59. The van der Waals surface area contributed by atoms with Crippen LogP contribution in [0.2, 0.25) is 0 Å². The van der Waals surface area contributed by atoms with Crippen LogP contribution in [0.3, 0.4) is 0 Å². The average Bonchev–Trinajstić information content (AvgIpc) is 3.54. The molecule has 0 unspecified atom stereocenters. The molecule has 0 heterocycles. The van der Waals surface area contributed by atoms with Crippen molar-refractivity contribution in [2.75, 3.05) is 26.4 Å². The van der Waals surface area contributed by atoms with Gasteiger partial charge in [-0.05, 0) is 50.3 Å². The van der Waals surface area contributed by atoms with Gasteiger partial charge in [0.15, 0.2) is 0 Å². The van der Waals surface area contributed by atoms with Gasteiger partial charge in [-0.2, -0.15) is 0 Å². The second kappa shape index (κ2) is 9.14. The van der Waals surface area contributed by atoms with Crippen molar-refractivity contribution in [3.63, 3.8) is 0 Å². The monoisotopic (exact) mass is 360 g/mol. The lowest BCUT2D eigenvalue weighted by atomic mass is 10.1. The largest absolute Gasteiger partial charge is 0.379 e. The first-order chi connectivity index (χ1) is 12.7. The Kier molecular flexibility index (Phi) is 6.63. The molecule has 0 radical (unpaired) electrons. The molecule has 2 aliphatic carbocycles. The van der Waals surface area contributed by atoms with Gasteiger partial charge in [-0.15, -0.1) is 0 Å². The van der Waals surface area contributed by atoms with Crippen LogP contribution >= 0.6 is 0 Å². The van der Waals surface area contributed by atoms with Crippen molar-refractivity contribution in [3.05, 3.63) is 35.4 Å². The molecule has 1 N–H and O–H groups in total. The highest BCUT2D eigenvalue weighted by molar-refractivity contribution is 5.94. The number of carbonyl (C=O) groups excluding carboxylic acids is 2. The highest BCUT2D eigenvalue weighted by Gasteiger charge is 2.32. The van der Waals surface area contributed by atoms with Crippen LogP contribution in [-0.4, -0.2) is 55.2 Å². The number of amides is 2. The molecule has 6 nitrogen and oxygen atoms in total. The molecule has 3 rings (SSSR count). The zero-order valence-corrected chi connectivity index (χ0v) is 15.4. The summed E-state index contributed by atoms with van der Waals surface area (Å²) in [4.78, 5) is 26.4. The summed E-state index contributed by atoms with van der Waals surface area (Å²) in [6, 6.07) is 8.20. The summed E-state index contributed by atoms with van der Waals surface area (Å²) in [5, 5.41) is 2.98. The van der Waals surface area contributed by atoms with Gasteiger partial charge in [0.25, 0.3) is 5.91 Å². The Morgan fingerprint density at radius 2 is 1.77 bits per heavy atom. The molecular formula is C20H28N2O4. The van der Waals surface area contributed by atoms with E-state index < -0.39 is 0 Å². The molecule has 142 valence electrons. The highest BCUT2D eigenvalue weighted by Crippen LogP contribution is 2.28. The van der Waals surface area contributed by atoms with Crippen molar-refractivity contribution >= 4 is 11.8 Å². The number of hydrogen-bond donors (Lipinski definition) is 1. The van der Waals surface area contributed by atoms with Crippen molar-refractivity contribution in [1.29, 1.82) is 0 Å². The van der Waals surface area contributed by atoms with E-state index in [1.54, 1.807) is 0 Å². The van der Waals surface area contributed by atoms with Gasteiger partial charge in [-0.1, -0.05) is 12.1 Å². The van der Waals surface area contributed by atoms with Crippen LogP contribution in [0.25, 0.3) is 0 Å². The number of hydrogen-bond acceptors (Lipinski definition) is 4. The van der Waals surface area contributed by atoms with Gasteiger partial charge in [-0.3, -0.25) is 9.59 Å². The Bertz CT molecular complexity index is 609. The van der Waals surface area contributed by atoms with E-state index in [9.17, 15) is 9.59 Å². The lowest BCUT2D eigenvalue weighted by Gasteiger charge is -2.22. The fourth-order valence-corrected chi connectivity index (χ4v) is 2.77. The molecule has 2 aliphatic rings. The maximum Gasteiger partial charge on any atom is 0.251 e. The smallest absolute Gasteiger partial charge is 0.251 e. The van der Waals surface area contributed by atoms with E-state index in [1.807, 2.05) is 36.1 Å². The minimum Gasteiger partial charge on any atom is -0.379 e. The fraction of sp³-hybridized carbons (Fsp3) is 0.600. The summed E-state index contributed by atoms with van der Waals surface area (Å²) in [5.74, 6) is -0.00331. The first kappa shape index (κ1) is 18.9. The third-order valence-electron chi connectivity index (χ3n) is 4.59. The zero-order valence-electron chi connectivity index (χ0n) is 15.4. The second-order valence-corrected chi connectivity index (χ2v) is 6.95. The highest BCUT2D eigenvalue weighted by atomic mass is 16.5. The maximum atomic E-state index is 12.5. The van der Waals surface area contributed by atoms with Gasteiger partial charge in [0.05, 0.1) is 13.2 Å². The van der Waals surface area contributed by atoms with Crippen LogP contribution in [0.5, 0.6) is 0 Å². The molecule has 0 saturated heterocycles. The van der Waals surface area contributed by atoms with Crippen LogP contribution in [-0.2, 0) is 20.8 Å². The van der Waals surface area contributed by atoms with Gasteiger partial charge >= 0.3 is 0 Å². The molecule has 2 amide bonds. The average molecular weight is 360 g/mol. The Balaban J connectivity index is 1.49. The summed E-state index contributed by atoms with van der Waals surface area (Å²) in [6.07, 6.45) is 4.25. The summed E-state index contributed by atoms with van der Waals surface area (Å²) in [5.41, 5.74) is 1.70. The molecule has 6 heteroatoms. The maximum absolute atomic E-state index is 12.5. The molecule has 26 heavy (non-hydrogen) atoms. The number of carbonyl (C=O) groups is 2. The third kappa shape index (κ3) is 5.81. The molecule has 0 aromatic heterocycles. The Labute approximate surface area is 154 Å². The van der Waals surface area contributed by atoms with E-state index in [2.05, 4.69) is 5.32 Å². The Morgan fingerprint density at radius 1 is 1.08 bits per heavy atom. The van der Waals surface area contributed by atoms with Crippen LogP contribution in [0.15, 0.2) is 24.3 Å². The first-order valence-electron chi connectivity index (χ1n) is 9.52. The SMILES string of the molecule is CCOCCOCC(=O)N(Cc1ccc(C(=O)NC2CC2)cc1)C1CC1. The lowest BCUT2D eigenvalue weighted by molar-refractivity contribution is -0.137. The van der Waals surface area contributed by atoms with E-state index in [1.165, 1.54) is 0 Å². The number of rotatable bonds is 11. The summed E-state index contributed by atoms with van der Waals surface area (Å²) >= 11 is 0.